The summed E-state index contributed by atoms with van der Waals surface area (Å²) < 4.78 is 25.2. The second-order valence-corrected chi connectivity index (χ2v) is 6.94. The molecule has 1 heterocycles. The minimum Gasteiger partial charge on any atom is -0.337 e. The number of aromatic nitrogens is 3. The lowest BCUT2D eigenvalue weighted by molar-refractivity contribution is 0.251. The van der Waals surface area contributed by atoms with E-state index in [1.165, 1.54) is 17.7 Å². The molecule has 2 N–H and O–H groups in total. The summed E-state index contributed by atoms with van der Waals surface area (Å²) in [7, 11) is -1.78. The van der Waals surface area contributed by atoms with Crippen molar-refractivity contribution in [3.63, 3.8) is 0 Å². The Balaban J connectivity index is 1.81. The van der Waals surface area contributed by atoms with Crippen molar-refractivity contribution in [1.29, 1.82) is 0 Å². The number of anilines is 1. The zero-order valence-corrected chi connectivity index (χ0v) is 13.6. The van der Waals surface area contributed by atoms with Crippen LogP contribution in [-0.4, -0.2) is 59.9 Å². The molecule has 0 fully saturated rings. The van der Waals surface area contributed by atoms with Crippen molar-refractivity contribution in [3.05, 3.63) is 36.9 Å². The Morgan fingerprint density at radius 2 is 2.00 bits per heavy atom. The van der Waals surface area contributed by atoms with E-state index in [4.69, 9.17) is 0 Å². The highest BCUT2D eigenvalue weighted by atomic mass is 32.2. The number of likely N-dealkylation sites (N-methyl/N-ethyl adjacent to an activating group) is 1. The van der Waals surface area contributed by atoms with Crippen LogP contribution in [0.1, 0.15) is 0 Å². The molecule has 0 bridgehead atoms. The van der Waals surface area contributed by atoms with Crippen molar-refractivity contribution in [2.45, 2.75) is 0 Å². The molecular weight excluding hydrogens is 320 g/mol. The first-order chi connectivity index (χ1) is 10.9. The minimum absolute atomic E-state index is 0.206. The molecule has 0 saturated heterocycles. The lowest BCUT2D eigenvalue weighted by Crippen LogP contribution is -2.37. The number of sulfonamides is 1. The van der Waals surface area contributed by atoms with Gasteiger partial charge in [-0.25, -0.2) is 27.2 Å². The number of urea groups is 1. The maximum atomic E-state index is 11.7. The van der Waals surface area contributed by atoms with Gasteiger partial charge in [-0.1, -0.05) is 0 Å². The number of amides is 2. The van der Waals surface area contributed by atoms with Crippen molar-refractivity contribution in [2.75, 3.05) is 31.7 Å². The molecule has 2 rings (SSSR count). The highest BCUT2D eigenvalue weighted by molar-refractivity contribution is 7.88. The highest BCUT2D eigenvalue weighted by Gasteiger charge is 2.10. The van der Waals surface area contributed by atoms with E-state index in [9.17, 15) is 13.2 Å². The Morgan fingerprint density at radius 1 is 1.30 bits per heavy atom. The summed E-state index contributed by atoms with van der Waals surface area (Å²) in [4.78, 5) is 15.6. The molecule has 0 aliphatic rings. The maximum Gasteiger partial charge on any atom is 0.319 e. The van der Waals surface area contributed by atoms with Gasteiger partial charge in [0.05, 0.1) is 11.9 Å². The monoisotopic (exact) mass is 338 g/mol. The summed E-state index contributed by atoms with van der Waals surface area (Å²) in [6.45, 7) is 0.421. The minimum atomic E-state index is -3.24. The van der Waals surface area contributed by atoms with Crippen LogP contribution in [0, 0.1) is 0 Å². The molecule has 23 heavy (non-hydrogen) atoms. The fraction of sp³-hybridized carbons (Fsp3) is 0.308. The predicted molar refractivity (Wildman–Crippen MR) is 85.9 cm³/mol. The van der Waals surface area contributed by atoms with Crippen molar-refractivity contribution in [3.8, 4) is 5.69 Å². The topological polar surface area (TPSA) is 109 Å². The molecule has 0 unspecified atom stereocenters. The first-order valence-corrected chi connectivity index (χ1v) is 8.62. The first-order valence-electron chi connectivity index (χ1n) is 6.77. The summed E-state index contributed by atoms with van der Waals surface area (Å²) in [5.41, 5.74) is 1.44. The Bertz CT molecular complexity index is 743. The van der Waals surface area contributed by atoms with Crippen molar-refractivity contribution in [1.82, 2.24) is 24.4 Å². The molecule has 0 spiro atoms. The van der Waals surface area contributed by atoms with E-state index < -0.39 is 16.1 Å². The van der Waals surface area contributed by atoms with Gasteiger partial charge in [0, 0.05) is 25.8 Å². The molecule has 1 aromatic heterocycles. The van der Waals surface area contributed by atoms with Crippen LogP contribution < -0.4 is 10.6 Å². The fourth-order valence-electron chi connectivity index (χ4n) is 1.71. The summed E-state index contributed by atoms with van der Waals surface area (Å²) in [5.74, 6) is 0. The van der Waals surface area contributed by atoms with E-state index in [0.29, 0.717) is 5.69 Å². The lowest BCUT2D eigenvalue weighted by atomic mass is 10.3. The van der Waals surface area contributed by atoms with Gasteiger partial charge in [0.2, 0.25) is 10.0 Å². The van der Waals surface area contributed by atoms with E-state index in [2.05, 4.69) is 20.7 Å². The number of rotatable bonds is 6. The van der Waals surface area contributed by atoms with Crippen LogP contribution in [0.5, 0.6) is 0 Å². The summed E-state index contributed by atoms with van der Waals surface area (Å²) >= 11 is 0. The molecule has 0 atom stereocenters. The van der Waals surface area contributed by atoms with E-state index >= 15 is 0 Å². The molecule has 0 saturated carbocycles. The lowest BCUT2D eigenvalue weighted by Gasteiger charge is -2.14. The number of benzene rings is 1. The van der Waals surface area contributed by atoms with Crippen LogP contribution >= 0.6 is 0 Å². The zero-order chi connectivity index (χ0) is 16.9. The van der Waals surface area contributed by atoms with E-state index in [-0.39, 0.29) is 13.1 Å². The molecule has 1 aromatic carbocycles. The second-order valence-electron chi connectivity index (χ2n) is 4.85. The fourth-order valence-corrected chi connectivity index (χ4v) is 2.13. The van der Waals surface area contributed by atoms with Crippen LogP contribution in [0.25, 0.3) is 5.69 Å². The van der Waals surface area contributed by atoms with Gasteiger partial charge in [0.25, 0.3) is 0 Å². The number of carbonyl (C=O) groups excluding carboxylic acids is 1. The zero-order valence-electron chi connectivity index (χ0n) is 12.8. The third kappa shape index (κ3) is 5.04. The van der Waals surface area contributed by atoms with Crippen LogP contribution in [-0.2, 0) is 10.0 Å². The molecule has 124 valence electrons. The second kappa shape index (κ2) is 7.20. The molecule has 0 aliphatic heterocycles. The summed E-state index contributed by atoms with van der Waals surface area (Å²) in [5, 5.41) is 9.26. The quantitative estimate of drug-likeness (QED) is 0.786. The summed E-state index contributed by atoms with van der Waals surface area (Å²) in [6.07, 6.45) is 4.13. The molecule has 10 heteroatoms. The van der Waals surface area contributed by atoms with Gasteiger partial charge < -0.3 is 10.6 Å². The third-order valence-electron chi connectivity index (χ3n) is 3.09. The van der Waals surface area contributed by atoms with Crippen LogP contribution in [0.15, 0.2) is 36.9 Å². The normalized spacial score (nSPS) is 11.4. The summed E-state index contributed by atoms with van der Waals surface area (Å²) in [6, 6.07) is 6.66. The number of nitrogens with one attached hydrogen (secondary N) is 2. The molecule has 0 aliphatic carbocycles. The Morgan fingerprint density at radius 3 is 2.57 bits per heavy atom. The van der Waals surface area contributed by atoms with Crippen LogP contribution in [0.4, 0.5) is 10.5 Å². The first kappa shape index (κ1) is 16.9. The van der Waals surface area contributed by atoms with Gasteiger partial charge in [-0.2, -0.15) is 5.10 Å². The van der Waals surface area contributed by atoms with Gasteiger partial charge >= 0.3 is 6.03 Å². The number of hydrogen-bond donors (Lipinski definition) is 2. The van der Waals surface area contributed by atoms with Crippen molar-refractivity contribution >= 4 is 21.7 Å². The average molecular weight is 338 g/mol. The SMILES string of the molecule is CN(CCNC(=O)Nc1ccc(-n2cncn2)cc1)S(C)(=O)=O. The average Bonchev–Trinajstić information content (AvgIpc) is 3.01. The van der Waals surface area contributed by atoms with Crippen molar-refractivity contribution < 1.29 is 13.2 Å². The maximum absolute atomic E-state index is 11.7. The van der Waals surface area contributed by atoms with Gasteiger partial charge in [-0.3, -0.25) is 0 Å². The number of carbonyl (C=O) groups is 1. The van der Waals surface area contributed by atoms with Gasteiger partial charge in [-0.05, 0) is 24.3 Å². The molecule has 2 aromatic rings. The smallest absolute Gasteiger partial charge is 0.319 e. The van der Waals surface area contributed by atoms with Gasteiger partial charge in [0.15, 0.2) is 0 Å². The molecule has 9 nitrogen and oxygen atoms in total. The van der Waals surface area contributed by atoms with E-state index in [0.717, 1.165) is 11.9 Å². The van der Waals surface area contributed by atoms with Crippen LogP contribution in [0.3, 0.4) is 0 Å². The number of hydrogen-bond acceptors (Lipinski definition) is 5. The Hall–Kier alpha value is -2.46. The largest absolute Gasteiger partial charge is 0.337 e. The molecular formula is C13H18N6O3S. The van der Waals surface area contributed by atoms with E-state index in [1.807, 2.05) is 0 Å². The molecule has 2 amide bonds. The standard InChI is InChI=1S/C13H18N6O3S/c1-18(23(2,21)22)8-7-15-13(20)17-11-3-5-12(6-4-11)19-10-14-9-16-19/h3-6,9-10H,7-8H2,1-2H3,(H2,15,17,20). The van der Waals surface area contributed by atoms with E-state index in [1.54, 1.807) is 35.3 Å². The van der Waals surface area contributed by atoms with Crippen molar-refractivity contribution in [2.24, 2.45) is 0 Å². The van der Waals surface area contributed by atoms with Crippen LogP contribution in [0.2, 0.25) is 0 Å². The van der Waals surface area contributed by atoms with Gasteiger partial charge in [0.1, 0.15) is 12.7 Å². The molecule has 0 radical (unpaired) electrons. The Labute approximate surface area is 134 Å². The predicted octanol–water partition coefficient (Wildman–Crippen LogP) is 0.280. The third-order valence-corrected chi connectivity index (χ3v) is 4.40. The number of nitrogens with zero attached hydrogens (tertiary/aromatic N) is 4. The highest BCUT2D eigenvalue weighted by Crippen LogP contribution is 2.11. The Kier molecular flexibility index (Phi) is 5.29. The van der Waals surface area contributed by atoms with Gasteiger partial charge in [-0.15, -0.1) is 0 Å².